The highest BCUT2D eigenvalue weighted by Crippen LogP contribution is 2.33. The number of ether oxygens (including phenoxy) is 3. The number of carbonyl (C=O) groups excluding carboxylic acids is 1. The van der Waals surface area contributed by atoms with Gasteiger partial charge in [0.2, 0.25) is 0 Å². The van der Waals surface area contributed by atoms with Crippen molar-refractivity contribution in [2.24, 2.45) is 0 Å². The fourth-order valence-corrected chi connectivity index (χ4v) is 2.65. The molecule has 0 amide bonds. The van der Waals surface area contributed by atoms with Gasteiger partial charge < -0.3 is 14.2 Å². The van der Waals surface area contributed by atoms with Crippen molar-refractivity contribution in [2.75, 3.05) is 20.5 Å². The number of esters is 1. The first-order chi connectivity index (χ1) is 11.5. The Labute approximate surface area is 145 Å². The minimum Gasteiger partial charge on any atom is -0.466 e. The quantitative estimate of drug-likeness (QED) is 0.562. The highest BCUT2D eigenvalue weighted by atomic mass is 35.5. The maximum absolute atomic E-state index is 11.9. The van der Waals surface area contributed by atoms with E-state index in [0.717, 1.165) is 11.3 Å². The third kappa shape index (κ3) is 3.52. The second kappa shape index (κ2) is 8.12. The second-order valence-electron chi connectivity index (χ2n) is 4.94. The summed E-state index contributed by atoms with van der Waals surface area (Å²) in [6.45, 7) is 5.86. The van der Waals surface area contributed by atoms with Crippen LogP contribution in [0.5, 0.6) is 5.75 Å². The highest BCUT2D eigenvalue weighted by molar-refractivity contribution is 6.33. The van der Waals surface area contributed by atoms with E-state index >= 15 is 0 Å². The summed E-state index contributed by atoms with van der Waals surface area (Å²) in [6, 6.07) is 3.56. The van der Waals surface area contributed by atoms with Gasteiger partial charge in [-0.1, -0.05) is 23.7 Å². The lowest BCUT2D eigenvalue weighted by Gasteiger charge is -2.14. The van der Waals surface area contributed by atoms with Gasteiger partial charge in [-0.2, -0.15) is 0 Å². The molecule has 0 radical (unpaired) electrons. The molecular weight excluding hydrogens is 334 g/mol. The van der Waals surface area contributed by atoms with Gasteiger partial charge in [0.25, 0.3) is 0 Å². The SMILES string of the molecule is CCOC(=O)c1nnn(-c2ccc(OCOC)c(Cl)c2CC)c1C. The van der Waals surface area contributed by atoms with E-state index in [4.69, 9.17) is 25.8 Å². The van der Waals surface area contributed by atoms with E-state index in [1.165, 1.54) is 0 Å². The lowest BCUT2D eigenvalue weighted by Crippen LogP contribution is -2.09. The van der Waals surface area contributed by atoms with Crippen molar-refractivity contribution in [2.45, 2.75) is 27.2 Å². The van der Waals surface area contributed by atoms with Crippen LogP contribution in [0.1, 0.15) is 35.6 Å². The van der Waals surface area contributed by atoms with Crippen LogP contribution in [-0.2, 0) is 15.9 Å². The Morgan fingerprint density at radius 1 is 1.33 bits per heavy atom. The number of aromatic nitrogens is 3. The van der Waals surface area contributed by atoms with Gasteiger partial charge in [-0.3, -0.25) is 0 Å². The van der Waals surface area contributed by atoms with Crippen molar-refractivity contribution < 1.29 is 19.0 Å². The maximum atomic E-state index is 11.9. The molecule has 130 valence electrons. The fourth-order valence-electron chi connectivity index (χ4n) is 2.30. The van der Waals surface area contributed by atoms with Crippen LogP contribution in [0.3, 0.4) is 0 Å². The smallest absolute Gasteiger partial charge is 0.360 e. The second-order valence-corrected chi connectivity index (χ2v) is 5.31. The predicted molar refractivity (Wildman–Crippen MR) is 88.9 cm³/mol. The first-order valence-electron chi connectivity index (χ1n) is 7.57. The standard InChI is InChI=1S/C16H20ClN3O4/c1-5-11-12(7-8-13(14(11)17)24-9-22-4)20-10(3)15(18-19-20)16(21)23-6-2/h7-8H,5-6,9H2,1-4H3. The van der Waals surface area contributed by atoms with Gasteiger partial charge in [-0.05, 0) is 32.4 Å². The van der Waals surface area contributed by atoms with E-state index in [-0.39, 0.29) is 19.1 Å². The molecule has 2 aromatic rings. The number of nitrogens with zero attached hydrogens (tertiary/aromatic N) is 3. The molecule has 0 saturated carbocycles. The van der Waals surface area contributed by atoms with Crippen molar-refractivity contribution in [3.63, 3.8) is 0 Å². The molecule has 7 nitrogen and oxygen atoms in total. The predicted octanol–water partition coefficient (Wildman–Crippen LogP) is 2.95. The Bertz CT molecular complexity index is 730. The zero-order chi connectivity index (χ0) is 17.7. The number of hydrogen-bond donors (Lipinski definition) is 0. The van der Waals surface area contributed by atoms with Crippen LogP contribution in [0, 0.1) is 6.92 Å². The van der Waals surface area contributed by atoms with Gasteiger partial charge in [0, 0.05) is 12.7 Å². The van der Waals surface area contributed by atoms with Crippen LogP contribution in [0.2, 0.25) is 5.02 Å². The monoisotopic (exact) mass is 353 g/mol. The molecule has 1 heterocycles. The van der Waals surface area contributed by atoms with Crippen LogP contribution in [0.25, 0.3) is 5.69 Å². The summed E-state index contributed by atoms with van der Waals surface area (Å²) in [7, 11) is 1.54. The summed E-state index contributed by atoms with van der Waals surface area (Å²) in [5, 5.41) is 8.49. The molecule has 0 aliphatic heterocycles. The number of rotatable bonds is 7. The summed E-state index contributed by atoms with van der Waals surface area (Å²) >= 11 is 6.44. The highest BCUT2D eigenvalue weighted by Gasteiger charge is 2.21. The number of carbonyl (C=O) groups is 1. The number of methoxy groups -OCH3 is 1. The molecule has 0 bridgehead atoms. The van der Waals surface area contributed by atoms with Crippen molar-refractivity contribution in [1.82, 2.24) is 15.0 Å². The number of benzene rings is 1. The van der Waals surface area contributed by atoms with Gasteiger partial charge in [-0.25, -0.2) is 9.48 Å². The number of hydrogen-bond acceptors (Lipinski definition) is 6. The molecule has 0 aliphatic rings. The molecule has 0 fully saturated rings. The zero-order valence-corrected chi connectivity index (χ0v) is 14.9. The lowest BCUT2D eigenvalue weighted by molar-refractivity contribution is 0.0509. The minimum absolute atomic E-state index is 0.109. The Balaban J connectivity index is 2.46. The normalized spacial score (nSPS) is 10.7. The maximum Gasteiger partial charge on any atom is 0.360 e. The van der Waals surface area contributed by atoms with Crippen LogP contribution in [0.15, 0.2) is 12.1 Å². The summed E-state index contributed by atoms with van der Waals surface area (Å²) in [5.41, 5.74) is 2.36. The molecule has 0 saturated heterocycles. The van der Waals surface area contributed by atoms with Crippen molar-refractivity contribution >= 4 is 17.6 Å². The zero-order valence-electron chi connectivity index (χ0n) is 14.1. The van der Waals surface area contributed by atoms with Crippen LogP contribution in [0.4, 0.5) is 0 Å². The molecule has 24 heavy (non-hydrogen) atoms. The molecule has 8 heteroatoms. The first kappa shape index (κ1) is 18.2. The topological polar surface area (TPSA) is 75.5 Å². The summed E-state index contributed by atoms with van der Waals surface area (Å²) < 4.78 is 16.9. The Kier molecular flexibility index (Phi) is 6.16. The minimum atomic E-state index is -0.495. The number of halogens is 1. The van der Waals surface area contributed by atoms with Gasteiger partial charge in [0.05, 0.1) is 23.0 Å². The third-order valence-electron chi connectivity index (χ3n) is 3.46. The van der Waals surface area contributed by atoms with E-state index in [0.29, 0.717) is 22.9 Å². The Morgan fingerprint density at radius 2 is 2.08 bits per heavy atom. The molecule has 0 unspecified atom stereocenters. The van der Waals surface area contributed by atoms with Gasteiger partial charge in [-0.15, -0.1) is 5.10 Å². The molecule has 0 spiro atoms. The van der Waals surface area contributed by atoms with Crippen molar-refractivity contribution in [3.05, 3.63) is 34.1 Å². The van der Waals surface area contributed by atoms with Gasteiger partial charge in [0.1, 0.15) is 5.75 Å². The first-order valence-corrected chi connectivity index (χ1v) is 7.95. The van der Waals surface area contributed by atoms with E-state index < -0.39 is 5.97 Å². The van der Waals surface area contributed by atoms with Gasteiger partial charge in [0.15, 0.2) is 12.5 Å². The third-order valence-corrected chi connectivity index (χ3v) is 3.87. The Hall–Kier alpha value is -2.12. The lowest BCUT2D eigenvalue weighted by atomic mass is 10.1. The summed E-state index contributed by atoms with van der Waals surface area (Å²) in [6.07, 6.45) is 0.659. The largest absolute Gasteiger partial charge is 0.466 e. The van der Waals surface area contributed by atoms with Crippen molar-refractivity contribution in [3.8, 4) is 11.4 Å². The Morgan fingerprint density at radius 3 is 2.71 bits per heavy atom. The van der Waals surface area contributed by atoms with Crippen LogP contribution >= 0.6 is 11.6 Å². The average molecular weight is 354 g/mol. The molecule has 2 rings (SSSR count). The molecule has 0 N–H and O–H groups in total. The van der Waals surface area contributed by atoms with Crippen LogP contribution in [-0.4, -0.2) is 41.5 Å². The molecule has 0 atom stereocenters. The van der Waals surface area contributed by atoms with Gasteiger partial charge >= 0.3 is 5.97 Å². The van der Waals surface area contributed by atoms with Crippen LogP contribution < -0.4 is 4.74 Å². The molecule has 1 aromatic heterocycles. The van der Waals surface area contributed by atoms with E-state index in [2.05, 4.69) is 10.3 Å². The fraction of sp³-hybridized carbons (Fsp3) is 0.438. The molecule has 0 aliphatic carbocycles. The molecule has 1 aromatic carbocycles. The summed E-state index contributed by atoms with van der Waals surface area (Å²) in [5.74, 6) is 0.0351. The van der Waals surface area contributed by atoms with Crippen molar-refractivity contribution in [1.29, 1.82) is 0 Å². The molecular formula is C16H20ClN3O4. The average Bonchev–Trinajstić information content (AvgIpc) is 2.95. The van der Waals surface area contributed by atoms with E-state index in [1.807, 2.05) is 13.0 Å². The summed E-state index contributed by atoms with van der Waals surface area (Å²) in [4.78, 5) is 11.9. The van der Waals surface area contributed by atoms with E-state index in [9.17, 15) is 4.79 Å². The van der Waals surface area contributed by atoms with E-state index in [1.54, 1.807) is 31.7 Å².